The van der Waals surface area contributed by atoms with Crippen LogP contribution in [0.5, 0.6) is 0 Å². The Morgan fingerprint density at radius 2 is 1.59 bits per heavy atom. The molecule has 2 aliphatic heterocycles. The van der Waals surface area contributed by atoms with Crippen molar-refractivity contribution in [3.8, 4) is 0 Å². The maximum absolute atomic E-state index is 14.2. The minimum Gasteiger partial charge on any atom is -0.313 e. The van der Waals surface area contributed by atoms with Gasteiger partial charge in [0.25, 0.3) is 0 Å². The van der Waals surface area contributed by atoms with Crippen LogP contribution < -0.4 is 10.7 Å². The summed E-state index contributed by atoms with van der Waals surface area (Å²) in [5.74, 6) is 2.74. The summed E-state index contributed by atoms with van der Waals surface area (Å²) in [4.78, 5) is 0. The highest BCUT2D eigenvalue weighted by atomic mass is 31.2. The number of phosphoric ester groups is 1. The average Bonchev–Trinajstić information content (AvgIpc) is 3.19. The predicted molar refractivity (Wildman–Crippen MR) is 146 cm³/mol. The Labute approximate surface area is 224 Å². The SMILES string of the molecule is C[C@@H]1CC([C@@H]2NCCCC2[C@@H]2CCC3[C@H](CNN3COP(=O)(OC(C)(C)C)OC(C)(C)C)C2)CC[C@@H]1F. The molecule has 0 spiro atoms. The van der Waals surface area contributed by atoms with Gasteiger partial charge in [-0.05, 0) is 129 Å². The summed E-state index contributed by atoms with van der Waals surface area (Å²) >= 11 is 0. The van der Waals surface area contributed by atoms with E-state index in [1.165, 1.54) is 25.7 Å². The number of nitrogens with one attached hydrogen (secondary N) is 2. The number of halogens is 1. The zero-order chi connectivity index (χ0) is 27.0. The maximum atomic E-state index is 14.2. The first kappa shape index (κ1) is 29.9. The third kappa shape index (κ3) is 7.99. The molecule has 2 N–H and O–H groups in total. The van der Waals surface area contributed by atoms with Crippen molar-refractivity contribution in [1.82, 2.24) is 15.8 Å². The Morgan fingerprint density at radius 1 is 0.919 bits per heavy atom. The van der Waals surface area contributed by atoms with E-state index in [0.29, 0.717) is 35.8 Å². The van der Waals surface area contributed by atoms with E-state index in [4.69, 9.17) is 13.6 Å². The largest absolute Gasteiger partial charge is 0.477 e. The van der Waals surface area contributed by atoms with Crippen molar-refractivity contribution in [3.05, 3.63) is 0 Å². The molecule has 2 saturated carbocycles. The Kier molecular flexibility index (Phi) is 9.53. The Morgan fingerprint density at radius 3 is 2.24 bits per heavy atom. The molecule has 37 heavy (non-hydrogen) atoms. The first-order valence-corrected chi connectivity index (χ1v) is 16.2. The van der Waals surface area contributed by atoms with E-state index in [0.717, 1.165) is 38.8 Å². The molecular formula is C28H53FN3O4P. The molecule has 4 rings (SSSR count). The highest BCUT2D eigenvalue weighted by Gasteiger charge is 2.46. The highest BCUT2D eigenvalue weighted by Crippen LogP contribution is 2.56. The van der Waals surface area contributed by atoms with E-state index >= 15 is 0 Å². The molecule has 4 fully saturated rings. The monoisotopic (exact) mass is 545 g/mol. The van der Waals surface area contributed by atoms with Gasteiger partial charge in [0.1, 0.15) is 12.9 Å². The predicted octanol–water partition coefficient (Wildman–Crippen LogP) is 6.45. The molecule has 0 aromatic heterocycles. The van der Waals surface area contributed by atoms with Crippen molar-refractivity contribution in [1.29, 1.82) is 0 Å². The zero-order valence-electron chi connectivity index (χ0n) is 24.3. The lowest BCUT2D eigenvalue weighted by atomic mass is 9.64. The fourth-order valence-corrected chi connectivity index (χ4v) is 9.13. The minimum atomic E-state index is -3.75. The quantitative estimate of drug-likeness (QED) is 0.357. The van der Waals surface area contributed by atoms with Crippen molar-refractivity contribution in [2.75, 3.05) is 19.8 Å². The molecule has 2 aliphatic carbocycles. The molecule has 3 unspecified atom stereocenters. The second-order valence-electron chi connectivity index (χ2n) is 14.2. The second kappa shape index (κ2) is 11.8. The van der Waals surface area contributed by atoms with Gasteiger partial charge in [0.15, 0.2) is 0 Å². The molecule has 2 saturated heterocycles. The average molecular weight is 546 g/mol. The van der Waals surface area contributed by atoms with Crippen LogP contribution in [0, 0.1) is 29.6 Å². The van der Waals surface area contributed by atoms with Gasteiger partial charge in [-0.2, -0.15) is 0 Å². The Balaban J connectivity index is 1.35. The summed E-state index contributed by atoms with van der Waals surface area (Å²) in [6.07, 6.45) is 8.21. The van der Waals surface area contributed by atoms with Crippen molar-refractivity contribution in [2.24, 2.45) is 29.6 Å². The van der Waals surface area contributed by atoms with Crippen LogP contribution in [0.3, 0.4) is 0 Å². The van der Waals surface area contributed by atoms with Crippen molar-refractivity contribution in [3.63, 3.8) is 0 Å². The van der Waals surface area contributed by atoms with Crippen molar-refractivity contribution in [2.45, 2.75) is 129 Å². The van der Waals surface area contributed by atoms with E-state index < -0.39 is 25.2 Å². The van der Waals surface area contributed by atoms with E-state index in [2.05, 4.69) is 22.7 Å². The number of phosphoric acid groups is 1. The van der Waals surface area contributed by atoms with Crippen LogP contribution in [0.4, 0.5) is 4.39 Å². The molecule has 8 atom stereocenters. The smallest absolute Gasteiger partial charge is 0.313 e. The maximum Gasteiger partial charge on any atom is 0.477 e. The zero-order valence-corrected chi connectivity index (χ0v) is 25.2. The van der Waals surface area contributed by atoms with Gasteiger partial charge in [-0.3, -0.25) is 19.0 Å². The lowest BCUT2D eigenvalue weighted by Gasteiger charge is -2.47. The number of piperidine rings is 1. The van der Waals surface area contributed by atoms with Crippen LogP contribution in [-0.2, 0) is 18.1 Å². The third-order valence-corrected chi connectivity index (χ3v) is 10.8. The molecule has 0 amide bonds. The fraction of sp³-hybridized carbons (Fsp3) is 1.00. The summed E-state index contributed by atoms with van der Waals surface area (Å²) in [6.45, 7) is 15.4. The van der Waals surface area contributed by atoms with E-state index in [-0.39, 0.29) is 12.6 Å². The molecule has 4 aliphatic rings. The van der Waals surface area contributed by atoms with Crippen LogP contribution in [0.15, 0.2) is 0 Å². The molecular weight excluding hydrogens is 492 g/mol. The standard InChI is InChI=1S/C28H53FN3O4P/c1-19-15-21(10-12-24(19)29)26-23(9-8-14-30-26)20-11-13-25-22(16-20)17-31-32(25)18-34-37(33,35-27(2,3)4)36-28(5,6)7/h19-26,30-31H,8-18H2,1-7H3/t19-,20-,21?,22+,23?,24+,25?,26+/m1/s1. The number of fused-ring (bicyclic) bond motifs is 1. The third-order valence-electron chi connectivity index (χ3n) is 8.84. The second-order valence-corrected chi connectivity index (χ2v) is 15.7. The van der Waals surface area contributed by atoms with Gasteiger partial charge in [-0.15, -0.1) is 0 Å². The molecule has 2 heterocycles. The topological polar surface area (TPSA) is 72.1 Å². The minimum absolute atomic E-state index is 0.174. The summed E-state index contributed by atoms with van der Waals surface area (Å²) in [7, 11) is -3.75. The molecule has 7 nitrogen and oxygen atoms in total. The lowest BCUT2D eigenvalue weighted by molar-refractivity contribution is -0.0315. The molecule has 0 aromatic carbocycles. The van der Waals surface area contributed by atoms with Crippen molar-refractivity contribution < 1.29 is 22.5 Å². The fourth-order valence-electron chi connectivity index (χ4n) is 7.38. The number of rotatable bonds is 7. The van der Waals surface area contributed by atoms with Gasteiger partial charge in [-0.25, -0.2) is 14.0 Å². The Bertz CT molecular complexity index is 783. The van der Waals surface area contributed by atoms with Gasteiger partial charge in [0.2, 0.25) is 0 Å². The van der Waals surface area contributed by atoms with E-state index in [1.807, 2.05) is 41.5 Å². The molecule has 0 aromatic rings. The number of hydrogen-bond acceptors (Lipinski definition) is 7. The van der Waals surface area contributed by atoms with Crippen LogP contribution in [0.1, 0.15) is 99.8 Å². The molecule has 0 radical (unpaired) electrons. The number of nitrogens with zero attached hydrogens (tertiary/aromatic N) is 1. The van der Waals surface area contributed by atoms with Gasteiger partial charge in [-0.1, -0.05) is 6.92 Å². The van der Waals surface area contributed by atoms with Crippen LogP contribution in [0.25, 0.3) is 0 Å². The summed E-state index contributed by atoms with van der Waals surface area (Å²) in [5, 5.41) is 6.00. The van der Waals surface area contributed by atoms with Crippen LogP contribution in [-0.4, -0.2) is 54.3 Å². The van der Waals surface area contributed by atoms with Crippen molar-refractivity contribution >= 4 is 7.82 Å². The van der Waals surface area contributed by atoms with Crippen LogP contribution in [0.2, 0.25) is 0 Å². The van der Waals surface area contributed by atoms with Gasteiger partial charge < -0.3 is 5.32 Å². The van der Waals surface area contributed by atoms with Gasteiger partial charge in [0, 0.05) is 18.6 Å². The molecule has 0 bridgehead atoms. The number of hydrogen-bond donors (Lipinski definition) is 2. The number of hydrazine groups is 1. The summed E-state index contributed by atoms with van der Waals surface area (Å²) in [6, 6.07) is 0.903. The normalized spacial score (nSPS) is 38.5. The Hall–Kier alpha value is -0.0800. The lowest BCUT2D eigenvalue weighted by Crippen LogP contribution is -2.52. The first-order valence-electron chi connectivity index (χ1n) is 14.8. The molecule has 9 heteroatoms. The molecule has 216 valence electrons. The summed E-state index contributed by atoms with van der Waals surface area (Å²) in [5.41, 5.74) is 2.23. The van der Waals surface area contributed by atoms with Crippen LogP contribution >= 0.6 is 7.82 Å². The number of alkyl halides is 1. The highest BCUT2D eigenvalue weighted by molar-refractivity contribution is 7.48. The van der Waals surface area contributed by atoms with Gasteiger partial charge in [0.05, 0.1) is 11.2 Å². The van der Waals surface area contributed by atoms with E-state index in [9.17, 15) is 8.96 Å². The van der Waals surface area contributed by atoms with E-state index in [1.54, 1.807) is 0 Å². The summed E-state index contributed by atoms with van der Waals surface area (Å²) < 4.78 is 45.2. The first-order chi connectivity index (χ1) is 17.2. The van der Waals surface area contributed by atoms with Gasteiger partial charge >= 0.3 is 7.82 Å².